The number of carboxylic acids is 1. The molecule has 9 nitrogen and oxygen atoms in total. The Labute approximate surface area is 143 Å². The molecule has 1 aromatic rings. The molecule has 2 aliphatic rings. The molecule has 0 saturated carbocycles. The Bertz CT molecular complexity index is 800. The first kappa shape index (κ1) is 17.0. The van der Waals surface area contributed by atoms with Gasteiger partial charge >= 0.3 is 5.97 Å². The van der Waals surface area contributed by atoms with Crippen molar-refractivity contribution in [2.75, 3.05) is 26.2 Å². The van der Waals surface area contributed by atoms with E-state index in [9.17, 15) is 24.3 Å². The molecular formula is C16H19N3O6. The van der Waals surface area contributed by atoms with Crippen molar-refractivity contribution < 1.29 is 24.6 Å². The zero-order valence-corrected chi connectivity index (χ0v) is 13.6. The lowest BCUT2D eigenvalue weighted by Crippen LogP contribution is -2.43. The lowest BCUT2D eigenvalue weighted by molar-refractivity contribution is -0.127. The highest BCUT2D eigenvalue weighted by Gasteiger charge is 2.30. The van der Waals surface area contributed by atoms with E-state index in [0.717, 1.165) is 19.2 Å². The summed E-state index contributed by atoms with van der Waals surface area (Å²) in [5.74, 6) is -2.66. The fourth-order valence-corrected chi connectivity index (χ4v) is 3.29. The van der Waals surface area contributed by atoms with Crippen molar-refractivity contribution in [1.29, 1.82) is 0 Å². The van der Waals surface area contributed by atoms with Crippen LogP contribution in [0.5, 0.6) is 5.75 Å². The molecule has 3 rings (SSSR count). The average molecular weight is 349 g/mol. The minimum atomic E-state index is -1.44. The SMILES string of the molecule is O=C(O)c1cn2c(c(O)c1=O)C(=O)N(CCCN1CCCC1=O)CC2. The van der Waals surface area contributed by atoms with E-state index in [4.69, 9.17) is 5.11 Å². The fourth-order valence-electron chi connectivity index (χ4n) is 3.29. The second-order valence-corrected chi connectivity index (χ2v) is 6.20. The molecule has 9 heteroatoms. The molecule has 1 fully saturated rings. The quantitative estimate of drug-likeness (QED) is 0.754. The molecule has 0 atom stereocenters. The highest BCUT2D eigenvalue weighted by Crippen LogP contribution is 2.20. The molecule has 2 amide bonds. The van der Waals surface area contributed by atoms with Crippen LogP contribution in [0.4, 0.5) is 0 Å². The summed E-state index contributed by atoms with van der Waals surface area (Å²) in [4.78, 5) is 50.3. The normalized spacial score (nSPS) is 17.1. The third-order valence-electron chi connectivity index (χ3n) is 4.61. The number of hydrogen-bond donors (Lipinski definition) is 2. The van der Waals surface area contributed by atoms with Crippen molar-refractivity contribution in [2.24, 2.45) is 0 Å². The third-order valence-corrected chi connectivity index (χ3v) is 4.61. The number of carboxylic acid groups (broad SMARTS) is 1. The highest BCUT2D eigenvalue weighted by atomic mass is 16.4. The Kier molecular flexibility index (Phi) is 4.47. The Morgan fingerprint density at radius 3 is 2.44 bits per heavy atom. The number of likely N-dealkylation sites (tertiary alicyclic amines) is 1. The summed E-state index contributed by atoms with van der Waals surface area (Å²) in [6.07, 6.45) is 3.13. The van der Waals surface area contributed by atoms with Crippen LogP contribution in [-0.4, -0.2) is 68.5 Å². The highest BCUT2D eigenvalue weighted by molar-refractivity contribution is 5.97. The van der Waals surface area contributed by atoms with Crippen molar-refractivity contribution >= 4 is 17.8 Å². The van der Waals surface area contributed by atoms with Gasteiger partial charge in [0.1, 0.15) is 5.56 Å². The molecule has 1 saturated heterocycles. The summed E-state index contributed by atoms with van der Waals surface area (Å²) < 4.78 is 1.31. The number of amides is 2. The molecule has 0 unspecified atom stereocenters. The van der Waals surface area contributed by atoms with Gasteiger partial charge in [-0.2, -0.15) is 0 Å². The number of fused-ring (bicyclic) bond motifs is 1. The van der Waals surface area contributed by atoms with E-state index in [-0.39, 0.29) is 18.1 Å². The summed E-state index contributed by atoms with van der Waals surface area (Å²) in [6.45, 7) is 2.35. The molecule has 3 heterocycles. The van der Waals surface area contributed by atoms with Crippen molar-refractivity contribution in [3.63, 3.8) is 0 Å². The van der Waals surface area contributed by atoms with Gasteiger partial charge in [0, 0.05) is 45.3 Å². The van der Waals surface area contributed by atoms with E-state index in [1.54, 1.807) is 4.90 Å². The summed E-state index contributed by atoms with van der Waals surface area (Å²) in [5.41, 5.74) is -1.80. The van der Waals surface area contributed by atoms with Crippen molar-refractivity contribution in [3.8, 4) is 5.75 Å². The van der Waals surface area contributed by atoms with Gasteiger partial charge in [0.25, 0.3) is 5.91 Å². The van der Waals surface area contributed by atoms with Crippen molar-refractivity contribution in [2.45, 2.75) is 25.8 Å². The molecule has 25 heavy (non-hydrogen) atoms. The fraction of sp³-hybridized carbons (Fsp3) is 0.500. The van der Waals surface area contributed by atoms with Crippen molar-refractivity contribution in [1.82, 2.24) is 14.4 Å². The Balaban J connectivity index is 1.73. The van der Waals surface area contributed by atoms with Crippen LogP contribution in [0, 0.1) is 0 Å². The average Bonchev–Trinajstić information content (AvgIpc) is 2.97. The van der Waals surface area contributed by atoms with Gasteiger partial charge in [-0.3, -0.25) is 14.4 Å². The predicted molar refractivity (Wildman–Crippen MR) is 85.7 cm³/mol. The summed E-state index contributed by atoms with van der Waals surface area (Å²) in [6, 6.07) is 0. The molecule has 1 aromatic heterocycles. The van der Waals surface area contributed by atoms with Gasteiger partial charge in [0.15, 0.2) is 11.4 Å². The van der Waals surface area contributed by atoms with Gasteiger partial charge in [-0.25, -0.2) is 4.79 Å². The molecule has 2 aliphatic heterocycles. The number of nitrogens with zero attached hydrogens (tertiary/aromatic N) is 3. The Morgan fingerprint density at radius 1 is 1.08 bits per heavy atom. The van der Waals surface area contributed by atoms with Crippen LogP contribution < -0.4 is 5.43 Å². The topological polar surface area (TPSA) is 120 Å². The van der Waals surface area contributed by atoms with Gasteiger partial charge in [-0.15, -0.1) is 0 Å². The maximum atomic E-state index is 12.5. The maximum absolute atomic E-state index is 12.5. The molecule has 0 aliphatic carbocycles. The number of carbonyl (C=O) groups excluding carboxylic acids is 2. The number of carbonyl (C=O) groups is 3. The van der Waals surface area contributed by atoms with E-state index in [0.29, 0.717) is 32.5 Å². The van der Waals surface area contributed by atoms with Crippen LogP contribution in [0.1, 0.15) is 40.1 Å². The lowest BCUT2D eigenvalue weighted by Gasteiger charge is -2.30. The zero-order chi connectivity index (χ0) is 18.1. The number of aromatic hydroxyl groups is 1. The third kappa shape index (κ3) is 3.09. The van der Waals surface area contributed by atoms with E-state index in [2.05, 4.69) is 0 Å². The Hall–Kier alpha value is -2.84. The number of aromatic nitrogens is 1. The lowest BCUT2D eigenvalue weighted by atomic mass is 10.1. The molecule has 0 bridgehead atoms. The van der Waals surface area contributed by atoms with E-state index >= 15 is 0 Å². The number of pyridine rings is 1. The van der Waals surface area contributed by atoms with E-state index in [1.807, 2.05) is 0 Å². The van der Waals surface area contributed by atoms with Crippen LogP contribution in [0.2, 0.25) is 0 Å². The minimum Gasteiger partial charge on any atom is -0.503 e. The number of aromatic carboxylic acids is 1. The maximum Gasteiger partial charge on any atom is 0.341 e. The van der Waals surface area contributed by atoms with Crippen LogP contribution in [0.15, 0.2) is 11.0 Å². The van der Waals surface area contributed by atoms with Gasteiger partial charge in [0.05, 0.1) is 0 Å². The van der Waals surface area contributed by atoms with Gasteiger partial charge < -0.3 is 24.6 Å². The number of rotatable bonds is 5. The van der Waals surface area contributed by atoms with E-state index in [1.165, 1.54) is 9.47 Å². The summed E-state index contributed by atoms with van der Waals surface area (Å²) in [5, 5.41) is 19.0. The van der Waals surface area contributed by atoms with Gasteiger partial charge in [0.2, 0.25) is 11.3 Å². The minimum absolute atomic E-state index is 0.126. The molecule has 134 valence electrons. The molecule has 2 N–H and O–H groups in total. The first-order valence-electron chi connectivity index (χ1n) is 8.17. The standard InChI is InChI=1S/C16H19N3O6/c20-11-3-1-4-17(11)5-2-6-18-7-8-19-9-10(16(24)25)13(21)14(22)12(19)15(18)23/h9,22H,1-8H2,(H,24,25). The smallest absolute Gasteiger partial charge is 0.341 e. The van der Waals surface area contributed by atoms with Crippen molar-refractivity contribution in [3.05, 3.63) is 27.7 Å². The first-order chi connectivity index (χ1) is 11.9. The monoisotopic (exact) mass is 349 g/mol. The summed E-state index contributed by atoms with van der Waals surface area (Å²) >= 11 is 0. The van der Waals surface area contributed by atoms with Crippen LogP contribution in [0.3, 0.4) is 0 Å². The van der Waals surface area contributed by atoms with Gasteiger partial charge in [-0.1, -0.05) is 0 Å². The molecule has 0 aromatic carbocycles. The zero-order valence-electron chi connectivity index (χ0n) is 13.6. The van der Waals surface area contributed by atoms with Crippen LogP contribution in [-0.2, 0) is 11.3 Å². The molecular weight excluding hydrogens is 330 g/mol. The Morgan fingerprint density at radius 2 is 1.80 bits per heavy atom. The molecule has 0 spiro atoms. The first-order valence-corrected chi connectivity index (χ1v) is 8.17. The number of hydrogen-bond acceptors (Lipinski definition) is 5. The molecule has 0 radical (unpaired) electrons. The van der Waals surface area contributed by atoms with Crippen LogP contribution >= 0.6 is 0 Å². The van der Waals surface area contributed by atoms with Gasteiger partial charge in [-0.05, 0) is 12.8 Å². The van der Waals surface area contributed by atoms with Crippen LogP contribution in [0.25, 0.3) is 0 Å². The summed E-state index contributed by atoms with van der Waals surface area (Å²) in [7, 11) is 0. The van der Waals surface area contributed by atoms with E-state index < -0.39 is 28.6 Å². The largest absolute Gasteiger partial charge is 0.503 e. The second kappa shape index (κ2) is 6.58. The second-order valence-electron chi connectivity index (χ2n) is 6.20. The predicted octanol–water partition coefficient (Wildman–Crippen LogP) is -0.280.